The fraction of sp³-hybridized carbons (Fsp3) is 0.417. The molecule has 0 radical (unpaired) electrons. The summed E-state index contributed by atoms with van der Waals surface area (Å²) in [5.74, 6) is -0.980. The molecule has 2 aliphatic rings. The Hall–Kier alpha value is -3.53. The molecule has 2 aliphatic heterocycles. The summed E-state index contributed by atoms with van der Waals surface area (Å²) in [4.78, 5) is 22.5. The Labute approximate surface area is 194 Å². The monoisotopic (exact) mass is 464 g/mol. The van der Waals surface area contributed by atoms with Crippen LogP contribution in [0, 0.1) is 18.7 Å². The highest BCUT2D eigenvalue weighted by Gasteiger charge is 2.30. The van der Waals surface area contributed by atoms with Crippen molar-refractivity contribution < 1.29 is 19.0 Å². The zero-order valence-corrected chi connectivity index (χ0v) is 18.8. The third-order valence-corrected chi connectivity index (χ3v) is 6.90. The third-order valence-electron chi connectivity index (χ3n) is 6.90. The van der Waals surface area contributed by atoms with Crippen molar-refractivity contribution in [3.05, 3.63) is 42.1 Å². The second-order valence-corrected chi connectivity index (χ2v) is 9.05. The van der Waals surface area contributed by atoms with Crippen molar-refractivity contribution in [1.29, 1.82) is 0 Å². The first-order valence-electron chi connectivity index (χ1n) is 11.6. The highest BCUT2D eigenvalue weighted by molar-refractivity contribution is 6.07. The molecule has 10 heteroatoms. The molecule has 1 aromatic carbocycles. The molecule has 0 spiro atoms. The summed E-state index contributed by atoms with van der Waals surface area (Å²) in [7, 11) is 0. The van der Waals surface area contributed by atoms with Gasteiger partial charge in [0.2, 0.25) is 5.95 Å². The summed E-state index contributed by atoms with van der Waals surface area (Å²) in [6.45, 7) is 3.60. The van der Waals surface area contributed by atoms with E-state index in [1.807, 2.05) is 21.1 Å². The number of aliphatic carboxylic acids is 1. The minimum atomic E-state index is -0.789. The molecule has 2 atom stereocenters. The fourth-order valence-corrected chi connectivity index (χ4v) is 5.16. The number of carboxylic acids is 1. The lowest BCUT2D eigenvalue weighted by molar-refractivity contribution is -0.140. The van der Waals surface area contributed by atoms with E-state index in [2.05, 4.69) is 10.1 Å². The zero-order chi connectivity index (χ0) is 23.4. The number of anilines is 1. The first-order chi connectivity index (χ1) is 16.5. The van der Waals surface area contributed by atoms with Gasteiger partial charge in [-0.05, 0) is 50.8 Å². The van der Waals surface area contributed by atoms with Gasteiger partial charge in [0.1, 0.15) is 5.82 Å². The van der Waals surface area contributed by atoms with E-state index in [-0.39, 0.29) is 12.0 Å². The van der Waals surface area contributed by atoms with E-state index in [0.29, 0.717) is 32.1 Å². The number of ether oxygens (including phenoxy) is 1. The molecule has 34 heavy (non-hydrogen) atoms. The lowest BCUT2D eigenvalue weighted by Gasteiger charge is -2.23. The van der Waals surface area contributed by atoms with E-state index in [9.17, 15) is 14.3 Å². The van der Waals surface area contributed by atoms with E-state index in [0.717, 1.165) is 52.6 Å². The Kier molecular flexibility index (Phi) is 4.98. The number of benzene rings is 1. The van der Waals surface area contributed by atoms with Gasteiger partial charge in [-0.1, -0.05) is 0 Å². The molecular weight excluding hydrogens is 439 g/mol. The summed E-state index contributed by atoms with van der Waals surface area (Å²) < 4.78 is 24.2. The number of carboxylic acid groups (broad SMARTS) is 1. The standard InChI is InChI=1S/C24H25FN6O3/c1-14-19(11-26-24(28-14)29-8-7-15(13-29)23(32)33)30-18-6-5-16(25)10-17(18)22-20(30)12-27-31(22)21-4-2-3-9-34-21/h5-6,10-12,15,21H,2-4,7-9,13H2,1H3,(H,32,33)/t15-,21?/m0/s1. The van der Waals surface area contributed by atoms with Crippen molar-refractivity contribution in [3.8, 4) is 5.69 Å². The van der Waals surface area contributed by atoms with Crippen LogP contribution in [0.3, 0.4) is 0 Å². The van der Waals surface area contributed by atoms with E-state index >= 15 is 0 Å². The summed E-state index contributed by atoms with van der Waals surface area (Å²) >= 11 is 0. The molecule has 2 saturated heterocycles. The van der Waals surface area contributed by atoms with Crippen LogP contribution in [0.15, 0.2) is 30.6 Å². The number of hydrogen-bond donors (Lipinski definition) is 1. The predicted molar refractivity (Wildman–Crippen MR) is 124 cm³/mol. The third kappa shape index (κ3) is 3.32. The number of carbonyl (C=O) groups is 1. The second kappa shape index (κ2) is 8.05. The average Bonchev–Trinajstić information content (AvgIpc) is 3.55. The van der Waals surface area contributed by atoms with Gasteiger partial charge in [0.05, 0.1) is 46.2 Å². The molecular formula is C24H25FN6O3. The Morgan fingerprint density at radius 3 is 2.82 bits per heavy atom. The van der Waals surface area contributed by atoms with Gasteiger partial charge >= 0.3 is 5.97 Å². The molecule has 1 N–H and O–H groups in total. The second-order valence-electron chi connectivity index (χ2n) is 9.05. The summed E-state index contributed by atoms with van der Waals surface area (Å²) in [5, 5.41) is 14.7. The molecule has 1 unspecified atom stereocenters. The molecule has 176 valence electrons. The SMILES string of the molecule is Cc1nc(N2CC[C@H](C(=O)O)C2)ncc1-n1c2ccc(F)cc2c2c1cnn2C1CCCCO1. The van der Waals surface area contributed by atoms with Crippen LogP contribution in [0.25, 0.3) is 27.6 Å². The van der Waals surface area contributed by atoms with Gasteiger partial charge in [-0.2, -0.15) is 5.10 Å². The zero-order valence-electron chi connectivity index (χ0n) is 18.8. The first-order valence-corrected chi connectivity index (χ1v) is 11.6. The average molecular weight is 465 g/mol. The van der Waals surface area contributed by atoms with Gasteiger partial charge in [-0.3, -0.25) is 4.79 Å². The maximum atomic E-state index is 14.3. The van der Waals surface area contributed by atoms with E-state index < -0.39 is 11.9 Å². The molecule has 0 aliphatic carbocycles. The van der Waals surface area contributed by atoms with Gasteiger partial charge in [-0.15, -0.1) is 0 Å². The van der Waals surface area contributed by atoms with Crippen LogP contribution in [0.2, 0.25) is 0 Å². The number of aromatic nitrogens is 5. The summed E-state index contributed by atoms with van der Waals surface area (Å²) in [6, 6.07) is 4.76. The van der Waals surface area contributed by atoms with Crippen molar-refractivity contribution in [1.82, 2.24) is 24.3 Å². The van der Waals surface area contributed by atoms with E-state index in [1.54, 1.807) is 18.5 Å². The minimum Gasteiger partial charge on any atom is -0.481 e. The Morgan fingerprint density at radius 1 is 1.21 bits per heavy atom. The van der Waals surface area contributed by atoms with Gasteiger partial charge in [0.25, 0.3) is 0 Å². The highest BCUT2D eigenvalue weighted by atomic mass is 19.1. The summed E-state index contributed by atoms with van der Waals surface area (Å²) in [5.41, 5.74) is 4.02. The van der Waals surface area contributed by atoms with Crippen LogP contribution in [0.1, 0.15) is 37.6 Å². The van der Waals surface area contributed by atoms with Crippen molar-refractivity contribution >= 4 is 33.9 Å². The predicted octanol–water partition coefficient (Wildman–Crippen LogP) is 3.83. The Morgan fingerprint density at radius 2 is 2.09 bits per heavy atom. The van der Waals surface area contributed by atoms with Crippen molar-refractivity contribution in [2.45, 2.75) is 38.8 Å². The van der Waals surface area contributed by atoms with Gasteiger partial charge in [-0.25, -0.2) is 19.0 Å². The normalized spacial score (nSPS) is 21.1. The minimum absolute atomic E-state index is 0.175. The molecule has 3 aromatic heterocycles. The molecule has 4 aromatic rings. The van der Waals surface area contributed by atoms with Crippen molar-refractivity contribution in [3.63, 3.8) is 0 Å². The molecule has 0 saturated carbocycles. The van der Waals surface area contributed by atoms with Gasteiger partial charge in [0, 0.05) is 25.1 Å². The van der Waals surface area contributed by atoms with Crippen molar-refractivity contribution in [2.75, 3.05) is 24.6 Å². The number of aryl methyl sites for hydroxylation is 1. The Bertz CT molecular complexity index is 1410. The highest BCUT2D eigenvalue weighted by Crippen LogP contribution is 2.36. The largest absolute Gasteiger partial charge is 0.481 e. The van der Waals surface area contributed by atoms with Gasteiger partial charge < -0.3 is 19.3 Å². The number of fused-ring (bicyclic) bond motifs is 3. The van der Waals surface area contributed by atoms with Crippen LogP contribution in [-0.4, -0.2) is 55.1 Å². The smallest absolute Gasteiger partial charge is 0.308 e. The van der Waals surface area contributed by atoms with Crippen molar-refractivity contribution in [2.24, 2.45) is 5.92 Å². The molecule has 2 fully saturated rings. The molecule has 0 bridgehead atoms. The molecule has 9 nitrogen and oxygen atoms in total. The lowest BCUT2D eigenvalue weighted by atomic mass is 10.1. The summed E-state index contributed by atoms with van der Waals surface area (Å²) in [6.07, 6.45) is 6.90. The Balaban J connectivity index is 1.47. The molecule has 5 heterocycles. The number of halogens is 1. The van der Waals surface area contributed by atoms with Crippen LogP contribution in [-0.2, 0) is 9.53 Å². The topological polar surface area (TPSA) is 98.3 Å². The van der Waals surface area contributed by atoms with Crippen LogP contribution < -0.4 is 4.90 Å². The maximum Gasteiger partial charge on any atom is 0.308 e. The van der Waals surface area contributed by atoms with Gasteiger partial charge in [0.15, 0.2) is 6.23 Å². The molecule has 6 rings (SSSR count). The van der Waals surface area contributed by atoms with Crippen LogP contribution in [0.5, 0.6) is 0 Å². The quantitative estimate of drug-likeness (QED) is 0.490. The number of nitrogens with zero attached hydrogens (tertiary/aromatic N) is 6. The van der Waals surface area contributed by atoms with Crippen LogP contribution >= 0.6 is 0 Å². The first kappa shape index (κ1) is 21.0. The number of rotatable bonds is 4. The maximum absolute atomic E-state index is 14.3. The lowest BCUT2D eigenvalue weighted by Crippen LogP contribution is -2.24. The fourth-order valence-electron chi connectivity index (χ4n) is 5.16. The van der Waals surface area contributed by atoms with E-state index in [1.165, 1.54) is 12.1 Å². The van der Waals surface area contributed by atoms with Crippen LogP contribution in [0.4, 0.5) is 10.3 Å². The van der Waals surface area contributed by atoms with E-state index in [4.69, 9.17) is 9.72 Å². The molecule has 0 amide bonds. The number of hydrogen-bond acceptors (Lipinski definition) is 6.